The first-order valence-electron chi connectivity index (χ1n) is 8.79. The monoisotopic (exact) mass is 374 g/mol. The zero-order valence-electron chi connectivity index (χ0n) is 14.5. The Labute approximate surface area is 155 Å². The fourth-order valence-electron chi connectivity index (χ4n) is 3.27. The van der Waals surface area contributed by atoms with Crippen LogP contribution in [0.4, 0.5) is 25.8 Å². The lowest BCUT2D eigenvalue weighted by Gasteiger charge is -2.25. The van der Waals surface area contributed by atoms with Crippen LogP contribution in [0.5, 0.6) is 0 Å². The minimum absolute atomic E-state index is 0.167. The number of hydrogen-bond acceptors (Lipinski definition) is 3. The van der Waals surface area contributed by atoms with Gasteiger partial charge in [0, 0.05) is 5.92 Å². The van der Waals surface area contributed by atoms with Crippen LogP contribution in [0.15, 0.2) is 42.5 Å². The summed E-state index contributed by atoms with van der Waals surface area (Å²) in [6, 6.07) is 9.79. The highest BCUT2D eigenvalue weighted by Crippen LogP contribution is 2.32. The number of hydrogen-bond donors (Lipinski definition) is 3. The Hall–Kier alpha value is -2.96. The molecule has 0 bridgehead atoms. The zero-order valence-corrected chi connectivity index (χ0v) is 14.5. The van der Waals surface area contributed by atoms with E-state index in [2.05, 4.69) is 10.6 Å². The molecule has 1 aliphatic carbocycles. The molecule has 2 aromatic rings. The maximum Gasteiger partial charge on any atom is 0.306 e. The number of anilines is 3. The van der Waals surface area contributed by atoms with Gasteiger partial charge in [0.15, 0.2) is 0 Å². The number of amides is 1. The van der Waals surface area contributed by atoms with E-state index < -0.39 is 23.5 Å². The lowest BCUT2D eigenvalue weighted by atomic mass is 9.81. The molecule has 142 valence electrons. The Balaban J connectivity index is 1.72. The third kappa shape index (κ3) is 4.61. The summed E-state index contributed by atoms with van der Waals surface area (Å²) in [6.07, 6.45) is 1.88. The molecular weight excluding hydrogens is 354 g/mol. The predicted molar refractivity (Wildman–Crippen MR) is 97.8 cm³/mol. The molecule has 0 aromatic heterocycles. The molecule has 3 rings (SSSR count). The highest BCUT2D eigenvalue weighted by Gasteiger charge is 2.30. The highest BCUT2D eigenvalue weighted by molar-refractivity contribution is 5.96. The zero-order chi connectivity index (χ0) is 19.4. The molecule has 2 aromatic carbocycles. The fraction of sp³-hybridized carbons (Fsp3) is 0.300. The van der Waals surface area contributed by atoms with Gasteiger partial charge >= 0.3 is 5.97 Å². The normalized spacial score (nSPS) is 19.3. The van der Waals surface area contributed by atoms with Crippen molar-refractivity contribution in [2.24, 2.45) is 11.8 Å². The van der Waals surface area contributed by atoms with E-state index in [4.69, 9.17) is 5.11 Å². The molecule has 3 N–H and O–H groups in total. The maximum absolute atomic E-state index is 13.9. The van der Waals surface area contributed by atoms with Crippen LogP contribution >= 0.6 is 0 Å². The third-order valence-electron chi connectivity index (χ3n) is 4.83. The molecule has 7 heteroatoms. The number of nitrogens with one attached hydrogen (secondary N) is 2. The van der Waals surface area contributed by atoms with Gasteiger partial charge in [-0.2, -0.15) is 0 Å². The Morgan fingerprint density at radius 3 is 2.22 bits per heavy atom. The van der Waals surface area contributed by atoms with Crippen LogP contribution < -0.4 is 10.6 Å². The average Bonchev–Trinajstić information content (AvgIpc) is 2.65. The van der Waals surface area contributed by atoms with Gasteiger partial charge in [0.05, 0.1) is 23.0 Å². The number of aliphatic carboxylic acids is 1. The Bertz CT molecular complexity index is 849. The molecule has 0 unspecified atom stereocenters. The van der Waals surface area contributed by atoms with Crippen molar-refractivity contribution in [2.45, 2.75) is 25.7 Å². The summed E-state index contributed by atoms with van der Waals surface area (Å²) in [5.74, 6) is -2.80. The summed E-state index contributed by atoms with van der Waals surface area (Å²) in [5.41, 5.74) is 0.748. The number of carboxylic acid groups (broad SMARTS) is 1. The Kier molecular flexibility index (Phi) is 5.69. The van der Waals surface area contributed by atoms with Crippen LogP contribution in [0.1, 0.15) is 25.7 Å². The van der Waals surface area contributed by atoms with Gasteiger partial charge in [-0.05, 0) is 56.0 Å². The van der Waals surface area contributed by atoms with E-state index in [1.807, 2.05) is 0 Å². The molecule has 0 heterocycles. The number of halogens is 2. The summed E-state index contributed by atoms with van der Waals surface area (Å²) in [6.45, 7) is 0. The van der Waals surface area contributed by atoms with Crippen molar-refractivity contribution in [3.63, 3.8) is 0 Å². The summed E-state index contributed by atoms with van der Waals surface area (Å²) < 4.78 is 27.5. The molecule has 0 spiro atoms. The Morgan fingerprint density at radius 1 is 0.889 bits per heavy atom. The topological polar surface area (TPSA) is 78.4 Å². The standard InChI is InChI=1S/C20H20F2N2O3/c21-14-9-10-17(18(11-14)23-16-4-2-1-3-15(16)22)24-19(25)12-5-7-13(8-6-12)20(26)27/h1-4,9-13,23H,5-8H2,(H,24,25)(H,26,27). The second kappa shape index (κ2) is 8.16. The van der Waals surface area contributed by atoms with Crippen molar-refractivity contribution in [3.8, 4) is 0 Å². The first-order valence-corrected chi connectivity index (χ1v) is 8.79. The van der Waals surface area contributed by atoms with Gasteiger partial charge in [-0.15, -0.1) is 0 Å². The number of benzene rings is 2. The molecule has 0 radical (unpaired) electrons. The number of carbonyl (C=O) groups is 2. The maximum atomic E-state index is 13.9. The first kappa shape index (κ1) is 18.8. The summed E-state index contributed by atoms with van der Waals surface area (Å²) in [7, 11) is 0. The molecule has 1 aliphatic rings. The van der Waals surface area contributed by atoms with E-state index in [1.165, 1.54) is 30.3 Å². The summed E-state index contributed by atoms with van der Waals surface area (Å²) in [4.78, 5) is 23.6. The molecule has 0 saturated heterocycles. The van der Waals surface area contributed by atoms with Crippen molar-refractivity contribution < 1.29 is 23.5 Å². The van der Waals surface area contributed by atoms with E-state index in [0.29, 0.717) is 31.4 Å². The first-order chi connectivity index (χ1) is 12.9. The van der Waals surface area contributed by atoms with E-state index in [9.17, 15) is 18.4 Å². The second-order valence-corrected chi connectivity index (χ2v) is 6.67. The van der Waals surface area contributed by atoms with Crippen LogP contribution in [0.2, 0.25) is 0 Å². The highest BCUT2D eigenvalue weighted by atomic mass is 19.1. The van der Waals surface area contributed by atoms with Crippen LogP contribution in [0.3, 0.4) is 0 Å². The lowest BCUT2D eigenvalue weighted by molar-refractivity contribution is -0.143. The van der Waals surface area contributed by atoms with Crippen molar-refractivity contribution in [1.29, 1.82) is 0 Å². The fourth-order valence-corrected chi connectivity index (χ4v) is 3.27. The lowest BCUT2D eigenvalue weighted by Crippen LogP contribution is -2.29. The molecule has 1 saturated carbocycles. The smallest absolute Gasteiger partial charge is 0.306 e. The number of rotatable bonds is 5. The molecule has 5 nitrogen and oxygen atoms in total. The van der Waals surface area contributed by atoms with Crippen molar-refractivity contribution in [3.05, 3.63) is 54.1 Å². The van der Waals surface area contributed by atoms with Gasteiger partial charge < -0.3 is 15.7 Å². The van der Waals surface area contributed by atoms with Crippen LogP contribution in [-0.2, 0) is 9.59 Å². The van der Waals surface area contributed by atoms with Crippen molar-refractivity contribution >= 4 is 28.9 Å². The largest absolute Gasteiger partial charge is 0.481 e. The van der Waals surface area contributed by atoms with Gasteiger partial charge in [0.25, 0.3) is 0 Å². The number of carboxylic acids is 1. The molecular formula is C20H20F2N2O3. The van der Waals surface area contributed by atoms with Crippen molar-refractivity contribution in [1.82, 2.24) is 0 Å². The molecule has 27 heavy (non-hydrogen) atoms. The molecule has 0 aliphatic heterocycles. The van der Waals surface area contributed by atoms with E-state index in [0.717, 1.165) is 0 Å². The van der Waals surface area contributed by atoms with Gasteiger partial charge in [0.1, 0.15) is 11.6 Å². The number of para-hydroxylation sites is 1. The van der Waals surface area contributed by atoms with Crippen LogP contribution in [0.25, 0.3) is 0 Å². The second-order valence-electron chi connectivity index (χ2n) is 6.67. The quantitative estimate of drug-likeness (QED) is 0.718. The predicted octanol–water partition coefficient (Wildman–Crippen LogP) is 4.54. The van der Waals surface area contributed by atoms with Crippen LogP contribution in [-0.4, -0.2) is 17.0 Å². The van der Waals surface area contributed by atoms with E-state index >= 15 is 0 Å². The van der Waals surface area contributed by atoms with Gasteiger partial charge in [-0.1, -0.05) is 12.1 Å². The Morgan fingerprint density at radius 2 is 1.56 bits per heavy atom. The summed E-state index contributed by atoms with van der Waals surface area (Å²) in [5, 5.41) is 14.6. The molecule has 0 atom stereocenters. The van der Waals surface area contributed by atoms with Gasteiger partial charge in [-0.25, -0.2) is 8.78 Å². The minimum atomic E-state index is -0.830. The third-order valence-corrected chi connectivity index (χ3v) is 4.83. The SMILES string of the molecule is O=C(O)C1CCC(C(=O)Nc2ccc(F)cc2Nc2ccccc2F)CC1. The van der Waals surface area contributed by atoms with E-state index in [1.54, 1.807) is 12.1 Å². The minimum Gasteiger partial charge on any atom is -0.481 e. The van der Waals surface area contributed by atoms with Gasteiger partial charge in [-0.3, -0.25) is 9.59 Å². The molecule has 1 amide bonds. The van der Waals surface area contributed by atoms with Gasteiger partial charge in [0.2, 0.25) is 5.91 Å². The summed E-state index contributed by atoms with van der Waals surface area (Å²) >= 11 is 0. The van der Waals surface area contributed by atoms with Crippen LogP contribution in [0, 0.1) is 23.5 Å². The molecule has 1 fully saturated rings. The number of carbonyl (C=O) groups excluding carboxylic acids is 1. The van der Waals surface area contributed by atoms with Crippen molar-refractivity contribution in [2.75, 3.05) is 10.6 Å². The van der Waals surface area contributed by atoms with E-state index in [-0.39, 0.29) is 23.2 Å². The average molecular weight is 374 g/mol.